The van der Waals surface area contributed by atoms with Gasteiger partial charge >= 0.3 is 0 Å². The van der Waals surface area contributed by atoms with E-state index in [1.54, 1.807) is 0 Å². The van der Waals surface area contributed by atoms with Crippen LogP contribution in [0.15, 0.2) is 60.7 Å². The number of piperazine rings is 1. The average molecular weight is 483 g/mol. The van der Waals surface area contributed by atoms with Crippen molar-refractivity contribution in [3.05, 3.63) is 77.7 Å². The van der Waals surface area contributed by atoms with E-state index in [4.69, 9.17) is 15.1 Å². The molecular formula is C29H34N6O. The van der Waals surface area contributed by atoms with Gasteiger partial charge in [-0.15, -0.1) is 0 Å². The molecule has 0 radical (unpaired) electrons. The summed E-state index contributed by atoms with van der Waals surface area (Å²) in [4.78, 5) is 27.2. The maximum absolute atomic E-state index is 12.9. The van der Waals surface area contributed by atoms with Gasteiger partial charge in [-0.25, -0.2) is 14.6 Å². The lowest BCUT2D eigenvalue weighted by atomic mass is 10.1. The highest BCUT2D eigenvalue weighted by atomic mass is 16.2. The van der Waals surface area contributed by atoms with Crippen molar-refractivity contribution in [3.63, 3.8) is 0 Å². The number of aryl methyl sites for hydroxylation is 2. The lowest BCUT2D eigenvalue weighted by Gasteiger charge is -2.36. The van der Waals surface area contributed by atoms with Gasteiger partial charge in [-0.05, 0) is 37.0 Å². The Balaban J connectivity index is 1.38. The minimum Gasteiger partial charge on any atom is -0.352 e. The second kappa shape index (κ2) is 10.5. The molecule has 3 heterocycles. The number of rotatable bonds is 7. The van der Waals surface area contributed by atoms with E-state index in [2.05, 4.69) is 43.0 Å². The van der Waals surface area contributed by atoms with E-state index in [1.807, 2.05) is 52.9 Å². The van der Waals surface area contributed by atoms with Gasteiger partial charge in [0.05, 0.1) is 16.8 Å². The first-order valence-electron chi connectivity index (χ1n) is 12.9. The third-order valence-corrected chi connectivity index (χ3v) is 6.72. The zero-order valence-corrected chi connectivity index (χ0v) is 21.4. The normalized spacial score (nSPS) is 14.1. The maximum Gasteiger partial charge on any atom is 0.223 e. The molecule has 2 aromatic carbocycles. The molecule has 2 aromatic heterocycles. The molecule has 7 nitrogen and oxygen atoms in total. The molecule has 0 unspecified atom stereocenters. The van der Waals surface area contributed by atoms with Crippen LogP contribution in [0, 0.1) is 12.8 Å². The van der Waals surface area contributed by atoms with Gasteiger partial charge in [0.25, 0.3) is 0 Å². The minimum absolute atomic E-state index is 0.222. The van der Waals surface area contributed by atoms with Gasteiger partial charge in [0.15, 0.2) is 5.65 Å². The third-order valence-electron chi connectivity index (χ3n) is 6.72. The number of benzene rings is 2. The molecule has 7 heteroatoms. The number of anilines is 1. The quantitative estimate of drug-likeness (QED) is 0.385. The predicted octanol–water partition coefficient (Wildman–Crippen LogP) is 4.60. The zero-order chi connectivity index (χ0) is 25.1. The summed E-state index contributed by atoms with van der Waals surface area (Å²) in [5.74, 6) is 2.45. The predicted molar refractivity (Wildman–Crippen MR) is 143 cm³/mol. The van der Waals surface area contributed by atoms with Crippen molar-refractivity contribution in [2.75, 3.05) is 31.1 Å². The van der Waals surface area contributed by atoms with Crippen molar-refractivity contribution in [1.29, 1.82) is 0 Å². The number of carbonyl (C=O) groups is 1. The Hall–Kier alpha value is -3.74. The van der Waals surface area contributed by atoms with Gasteiger partial charge < -0.3 is 9.80 Å². The molecule has 4 aromatic rings. The Morgan fingerprint density at radius 2 is 1.58 bits per heavy atom. The lowest BCUT2D eigenvalue weighted by Crippen LogP contribution is -2.49. The van der Waals surface area contributed by atoms with Crippen molar-refractivity contribution < 1.29 is 4.79 Å². The van der Waals surface area contributed by atoms with E-state index in [0.717, 1.165) is 60.0 Å². The van der Waals surface area contributed by atoms with Gasteiger partial charge in [0.1, 0.15) is 11.6 Å². The fourth-order valence-electron chi connectivity index (χ4n) is 4.86. The van der Waals surface area contributed by atoms with Gasteiger partial charge in [-0.1, -0.05) is 62.4 Å². The Kier molecular flexibility index (Phi) is 6.98. The molecule has 36 heavy (non-hydrogen) atoms. The topological polar surface area (TPSA) is 67.2 Å². The molecule has 5 rings (SSSR count). The van der Waals surface area contributed by atoms with Gasteiger partial charge in [-0.3, -0.25) is 4.79 Å². The van der Waals surface area contributed by atoms with Crippen LogP contribution < -0.4 is 4.90 Å². The van der Waals surface area contributed by atoms with E-state index < -0.39 is 0 Å². The number of aromatic nitrogens is 4. The summed E-state index contributed by atoms with van der Waals surface area (Å²) < 4.78 is 1.93. The summed E-state index contributed by atoms with van der Waals surface area (Å²) in [6, 6.07) is 20.4. The van der Waals surface area contributed by atoms with Crippen LogP contribution in [0.1, 0.15) is 37.4 Å². The van der Waals surface area contributed by atoms with Gasteiger partial charge in [0, 0.05) is 39.0 Å². The summed E-state index contributed by atoms with van der Waals surface area (Å²) in [5, 5.41) is 5.85. The summed E-state index contributed by atoms with van der Waals surface area (Å²) in [7, 11) is 0. The third kappa shape index (κ3) is 5.10. The van der Waals surface area contributed by atoms with Crippen LogP contribution in [0.25, 0.3) is 16.7 Å². The maximum atomic E-state index is 12.9. The molecule has 0 aliphatic carbocycles. The molecule has 1 aliphatic heterocycles. The van der Waals surface area contributed by atoms with Gasteiger partial charge in [0.2, 0.25) is 5.91 Å². The summed E-state index contributed by atoms with van der Waals surface area (Å²) in [6.07, 6.45) is 2.13. The summed E-state index contributed by atoms with van der Waals surface area (Å²) in [5.41, 5.74) is 3.96. The fourth-order valence-corrected chi connectivity index (χ4v) is 4.86. The first-order valence-corrected chi connectivity index (χ1v) is 12.9. The zero-order valence-electron chi connectivity index (χ0n) is 21.4. The number of fused-ring (bicyclic) bond motifs is 1. The van der Waals surface area contributed by atoms with E-state index >= 15 is 0 Å². The van der Waals surface area contributed by atoms with Crippen LogP contribution in [-0.2, 0) is 17.6 Å². The van der Waals surface area contributed by atoms with E-state index in [9.17, 15) is 4.79 Å². The second-order valence-corrected chi connectivity index (χ2v) is 9.95. The van der Waals surface area contributed by atoms with Crippen LogP contribution in [0.2, 0.25) is 0 Å². The number of para-hydroxylation sites is 1. The Bertz CT molecular complexity index is 1320. The lowest BCUT2D eigenvalue weighted by molar-refractivity contribution is -0.131. The number of hydrogen-bond donors (Lipinski definition) is 0. The first-order chi connectivity index (χ1) is 17.5. The van der Waals surface area contributed by atoms with Crippen molar-refractivity contribution in [1.82, 2.24) is 24.6 Å². The molecule has 0 saturated carbocycles. The van der Waals surface area contributed by atoms with Crippen molar-refractivity contribution in [3.8, 4) is 5.69 Å². The summed E-state index contributed by atoms with van der Waals surface area (Å²) in [6.45, 7) is 9.30. The summed E-state index contributed by atoms with van der Waals surface area (Å²) >= 11 is 0. The monoisotopic (exact) mass is 482 g/mol. The van der Waals surface area contributed by atoms with Crippen LogP contribution in [0.3, 0.4) is 0 Å². The molecule has 1 aliphatic rings. The molecule has 1 amide bonds. The minimum atomic E-state index is 0.222. The van der Waals surface area contributed by atoms with Crippen LogP contribution in [-0.4, -0.2) is 56.7 Å². The SMILES string of the molecule is Cc1nn(-c2ccccc2)c2nc(CC(C)C)nc(N3CCN(C(=O)CCc4ccccc4)CC3)c12. The van der Waals surface area contributed by atoms with Crippen molar-refractivity contribution in [2.24, 2.45) is 5.92 Å². The van der Waals surface area contributed by atoms with Crippen molar-refractivity contribution in [2.45, 2.75) is 40.0 Å². The highest BCUT2D eigenvalue weighted by Gasteiger charge is 2.26. The Morgan fingerprint density at radius 1 is 0.917 bits per heavy atom. The average Bonchev–Trinajstić information content (AvgIpc) is 3.24. The Morgan fingerprint density at radius 3 is 2.25 bits per heavy atom. The number of amides is 1. The molecule has 0 spiro atoms. The largest absolute Gasteiger partial charge is 0.352 e. The molecule has 0 N–H and O–H groups in total. The molecule has 0 bridgehead atoms. The smallest absolute Gasteiger partial charge is 0.223 e. The highest BCUT2D eigenvalue weighted by Crippen LogP contribution is 2.30. The molecular weight excluding hydrogens is 448 g/mol. The standard InChI is InChI=1S/C29H34N6O/c1-21(2)20-25-30-28(27-22(3)32-35(29(27)31-25)24-12-8-5-9-13-24)34-18-16-33(17-19-34)26(36)15-14-23-10-6-4-7-11-23/h4-13,21H,14-20H2,1-3H3. The van der Waals surface area contributed by atoms with E-state index in [-0.39, 0.29) is 5.91 Å². The molecule has 0 atom stereocenters. The molecule has 1 fully saturated rings. The Labute approximate surface area is 212 Å². The van der Waals surface area contributed by atoms with Crippen LogP contribution in [0.5, 0.6) is 0 Å². The first kappa shape index (κ1) is 24.0. The van der Waals surface area contributed by atoms with Gasteiger partial charge in [-0.2, -0.15) is 5.10 Å². The van der Waals surface area contributed by atoms with E-state index in [1.165, 1.54) is 5.56 Å². The molecule has 186 valence electrons. The fraction of sp³-hybridized carbons (Fsp3) is 0.379. The highest BCUT2D eigenvalue weighted by molar-refractivity contribution is 5.91. The number of carbonyl (C=O) groups excluding carboxylic acids is 1. The number of hydrogen-bond acceptors (Lipinski definition) is 5. The second-order valence-electron chi connectivity index (χ2n) is 9.95. The van der Waals surface area contributed by atoms with Crippen molar-refractivity contribution >= 4 is 22.8 Å². The van der Waals surface area contributed by atoms with Crippen LogP contribution in [0.4, 0.5) is 5.82 Å². The molecule has 1 saturated heterocycles. The number of nitrogens with zero attached hydrogens (tertiary/aromatic N) is 6. The van der Waals surface area contributed by atoms with E-state index in [0.29, 0.717) is 25.4 Å². The van der Waals surface area contributed by atoms with Crippen LogP contribution >= 0.6 is 0 Å².